The van der Waals surface area contributed by atoms with Crippen LogP contribution in [0.2, 0.25) is 0 Å². The van der Waals surface area contributed by atoms with Crippen LogP contribution in [0.5, 0.6) is 0 Å². The largest absolute Gasteiger partial charge is 0.394 e. The molecular weight excluding hydrogens is 259 g/mol. The van der Waals surface area contributed by atoms with Crippen molar-refractivity contribution in [3.63, 3.8) is 0 Å². The molecule has 0 atom stereocenters. The van der Waals surface area contributed by atoms with Crippen LogP contribution in [0.3, 0.4) is 0 Å². The second-order valence-electron chi connectivity index (χ2n) is 3.63. The van der Waals surface area contributed by atoms with E-state index in [1.165, 1.54) is 23.0 Å². The fourth-order valence-corrected chi connectivity index (χ4v) is 2.55. The van der Waals surface area contributed by atoms with Crippen molar-refractivity contribution in [3.05, 3.63) is 36.3 Å². The molecule has 0 radical (unpaired) electrons. The summed E-state index contributed by atoms with van der Waals surface area (Å²) in [7, 11) is -2.34. The van der Waals surface area contributed by atoms with Crippen LogP contribution in [-0.4, -0.2) is 18.2 Å². The summed E-state index contributed by atoms with van der Waals surface area (Å²) in [6.45, 7) is 0. The van der Waals surface area contributed by atoms with Crippen molar-refractivity contribution in [1.29, 1.82) is 0 Å². The minimum Gasteiger partial charge on any atom is -0.394 e. The Morgan fingerprint density at radius 2 is 2.17 bits per heavy atom. The topological polar surface area (TPSA) is 90.0 Å². The number of halogens is 1. The molecule has 6 nitrogen and oxygen atoms in total. The molecule has 18 heavy (non-hydrogen) atoms. The van der Waals surface area contributed by atoms with Crippen LogP contribution in [0.15, 0.2) is 35.4 Å². The van der Waals surface area contributed by atoms with Gasteiger partial charge < -0.3 is 5.73 Å². The summed E-state index contributed by atoms with van der Waals surface area (Å²) in [6, 6.07) is 4.70. The maximum absolute atomic E-state index is 13.0. The Balaban J connectivity index is 2.39. The van der Waals surface area contributed by atoms with E-state index >= 15 is 0 Å². The van der Waals surface area contributed by atoms with Crippen LogP contribution in [0, 0.1) is 5.82 Å². The lowest BCUT2D eigenvalue weighted by atomic mass is 10.4. The molecule has 0 aliphatic carbocycles. The molecule has 0 fully saturated rings. The van der Waals surface area contributed by atoms with E-state index in [1.807, 2.05) is 0 Å². The van der Waals surface area contributed by atoms with Gasteiger partial charge >= 0.3 is 0 Å². The van der Waals surface area contributed by atoms with Gasteiger partial charge in [0.25, 0.3) is 10.0 Å². The predicted molar refractivity (Wildman–Crippen MR) is 64.8 cm³/mol. The van der Waals surface area contributed by atoms with Crippen LogP contribution in [0.1, 0.15) is 0 Å². The van der Waals surface area contributed by atoms with Gasteiger partial charge in [0.05, 0.1) is 16.8 Å². The fraction of sp³-hybridized carbons (Fsp3) is 0.100. The number of nitrogens with one attached hydrogen (secondary N) is 1. The van der Waals surface area contributed by atoms with Gasteiger partial charge in [-0.2, -0.15) is 5.10 Å². The number of aryl methyl sites for hydroxylation is 1. The zero-order valence-corrected chi connectivity index (χ0v) is 10.3. The highest BCUT2D eigenvalue weighted by Gasteiger charge is 2.18. The van der Waals surface area contributed by atoms with Crippen molar-refractivity contribution < 1.29 is 12.8 Å². The number of nitrogens with two attached hydrogens (primary N) is 1. The van der Waals surface area contributed by atoms with Crippen LogP contribution < -0.4 is 10.5 Å². The lowest BCUT2D eigenvalue weighted by molar-refractivity contribution is 0.594. The normalized spacial score (nSPS) is 11.4. The maximum atomic E-state index is 13.0. The highest BCUT2D eigenvalue weighted by atomic mass is 32.2. The zero-order valence-electron chi connectivity index (χ0n) is 9.46. The Morgan fingerprint density at radius 1 is 1.44 bits per heavy atom. The van der Waals surface area contributed by atoms with Gasteiger partial charge in [-0.05, 0) is 18.2 Å². The van der Waals surface area contributed by atoms with E-state index in [0.29, 0.717) is 0 Å². The lowest BCUT2D eigenvalue weighted by Crippen LogP contribution is -2.16. The van der Waals surface area contributed by atoms with Crippen molar-refractivity contribution in [2.24, 2.45) is 7.05 Å². The van der Waals surface area contributed by atoms with Crippen LogP contribution >= 0.6 is 0 Å². The number of nitrogen functional groups attached to an aromatic ring is 1. The predicted octanol–water partition coefficient (Wildman–Crippen LogP) is 0.942. The highest BCUT2D eigenvalue weighted by Crippen LogP contribution is 2.21. The van der Waals surface area contributed by atoms with Crippen molar-refractivity contribution >= 4 is 21.5 Å². The minimum atomic E-state index is -3.88. The molecule has 0 aliphatic heterocycles. The van der Waals surface area contributed by atoms with Crippen LogP contribution in [-0.2, 0) is 17.1 Å². The van der Waals surface area contributed by atoms with E-state index in [-0.39, 0.29) is 16.4 Å². The number of hydrogen-bond donors (Lipinski definition) is 2. The molecule has 0 aliphatic rings. The van der Waals surface area contributed by atoms with E-state index in [1.54, 1.807) is 7.05 Å². The average Bonchev–Trinajstić information content (AvgIpc) is 2.60. The number of rotatable bonds is 3. The van der Waals surface area contributed by atoms with Crippen LogP contribution in [0.4, 0.5) is 15.9 Å². The third-order valence-electron chi connectivity index (χ3n) is 2.30. The van der Waals surface area contributed by atoms with Gasteiger partial charge in [0, 0.05) is 7.05 Å². The third kappa shape index (κ3) is 2.28. The number of nitrogens with zero attached hydrogens (tertiary/aromatic N) is 2. The van der Waals surface area contributed by atoms with Crippen molar-refractivity contribution in [2.75, 3.05) is 10.5 Å². The van der Waals surface area contributed by atoms with E-state index < -0.39 is 15.8 Å². The molecule has 2 rings (SSSR count). The highest BCUT2D eigenvalue weighted by molar-refractivity contribution is 7.92. The van der Waals surface area contributed by atoms with Crippen molar-refractivity contribution in [2.45, 2.75) is 4.90 Å². The number of sulfonamides is 1. The number of benzene rings is 1. The second kappa shape index (κ2) is 4.30. The fourth-order valence-electron chi connectivity index (χ4n) is 1.40. The van der Waals surface area contributed by atoms with E-state index in [4.69, 9.17) is 5.73 Å². The number of aromatic nitrogens is 2. The Labute approximate surface area is 103 Å². The van der Waals surface area contributed by atoms with Crippen molar-refractivity contribution in [3.8, 4) is 0 Å². The molecule has 1 aromatic carbocycles. The molecular formula is C10H11FN4O2S. The van der Waals surface area contributed by atoms with Crippen molar-refractivity contribution in [1.82, 2.24) is 9.78 Å². The summed E-state index contributed by atoms with van der Waals surface area (Å²) < 4.78 is 40.5. The first-order valence-corrected chi connectivity index (χ1v) is 6.44. The monoisotopic (exact) mass is 270 g/mol. The molecule has 0 saturated carbocycles. The first kappa shape index (κ1) is 12.4. The Kier molecular flexibility index (Phi) is 2.95. The minimum absolute atomic E-state index is 0.138. The molecule has 0 saturated heterocycles. The quantitative estimate of drug-likeness (QED) is 0.868. The smallest absolute Gasteiger partial charge is 0.263 e. The number of anilines is 2. The third-order valence-corrected chi connectivity index (χ3v) is 3.64. The van der Waals surface area contributed by atoms with Gasteiger partial charge in [-0.3, -0.25) is 9.40 Å². The molecule has 8 heteroatoms. The second-order valence-corrected chi connectivity index (χ2v) is 5.32. The van der Waals surface area contributed by atoms with Gasteiger partial charge in [-0.25, -0.2) is 12.8 Å². The summed E-state index contributed by atoms with van der Waals surface area (Å²) in [5.41, 5.74) is 5.76. The summed E-state index contributed by atoms with van der Waals surface area (Å²) >= 11 is 0. The summed E-state index contributed by atoms with van der Waals surface area (Å²) in [4.78, 5) is -0.178. The first-order valence-electron chi connectivity index (χ1n) is 4.96. The van der Waals surface area contributed by atoms with Crippen LogP contribution in [0.25, 0.3) is 0 Å². The van der Waals surface area contributed by atoms with E-state index in [0.717, 1.165) is 12.1 Å². The molecule has 0 spiro atoms. The molecule has 0 bridgehead atoms. The molecule has 0 amide bonds. The summed E-state index contributed by atoms with van der Waals surface area (Å²) in [5.74, 6) is -0.491. The molecule has 96 valence electrons. The Morgan fingerprint density at radius 3 is 2.72 bits per heavy atom. The molecule has 3 N–H and O–H groups in total. The van der Waals surface area contributed by atoms with E-state index in [9.17, 15) is 12.8 Å². The maximum Gasteiger partial charge on any atom is 0.263 e. The van der Waals surface area contributed by atoms with Gasteiger partial charge in [0.2, 0.25) is 0 Å². The Hall–Kier alpha value is -2.09. The molecule has 1 heterocycles. The number of hydrogen-bond acceptors (Lipinski definition) is 4. The standard InChI is InChI=1S/C10H11FN4O2S/c1-15-10(9(12)6-13-15)14-18(16,17)8-4-2-3-7(11)5-8/h2-6,14H,12H2,1H3. The molecule has 1 aromatic heterocycles. The van der Waals surface area contributed by atoms with E-state index in [2.05, 4.69) is 9.82 Å². The van der Waals surface area contributed by atoms with Gasteiger partial charge in [-0.15, -0.1) is 0 Å². The van der Waals surface area contributed by atoms with Gasteiger partial charge in [0.1, 0.15) is 5.82 Å². The average molecular weight is 270 g/mol. The molecule has 2 aromatic rings. The lowest BCUT2D eigenvalue weighted by Gasteiger charge is -2.08. The SMILES string of the molecule is Cn1ncc(N)c1NS(=O)(=O)c1cccc(F)c1. The van der Waals surface area contributed by atoms with Gasteiger partial charge in [0.15, 0.2) is 5.82 Å². The summed E-state index contributed by atoms with van der Waals surface area (Å²) in [5, 5.41) is 3.80. The molecule has 0 unspecified atom stereocenters. The Bertz CT molecular complexity index is 661. The summed E-state index contributed by atoms with van der Waals surface area (Å²) in [6.07, 6.45) is 1.32. The zero-order chi connectivity index (χ0) is 13.3. The van der Waals surface area contributed by atoms with Gasteiger partial charge in [-0.1, -0.05) is 6.07 Å². The first-order chi connectivity index (χ1) is 8.40.